The van der Waals surface area contributed by atoms with Crippen LogP contribution in [0.3, 0.4) is 0 Å². The molecule has 0 fully saturated rings. The maximum Gasteiger partial charge on any atom is 0.411 e. The van der Waals surface area contributed by atoms with Gasteiger partial charge in [-0.25, -0.2) is 4.79 Å². The van der Waals surface area contributed by atoms with Crippen LogP contribution in [0.5, 0.6) is 5.75 Å². The standard InChI is InChI=1S/C21H14Cl3NO3/c22-16-9-17(23)20(26)19(18(16)24)25-21(27)28-10-15-13-7-3-1-5-11(13)12-6-2-4-8-14(12)15/h1-9,15,26H,10H2,(H,25,27). The van der Waals surface area contributed by atoms with E-state index in [2.05, 4.69) is 17.4 Å². The lowest BCUT2D eigenvalue weighted by Gasteiger charge is -2.16. The van der Waals surface area contributed by atoms with Crippen LogP contribution < -0.4 is 5.32 Å². The Balaban J connectivity index is 1.54. The van der Waals surface area contributed by atoms with Crippen molar-refractivity contribution in [3.63, 3.8) is 0 Å². The molecule has 3 aromatic rings. The summed E-state index contributed by atoms with van der Waals surface area (Å²) in [5, 5.41) is 12.5. The molecule has 0 saturated heterocycles. The number of halogens is 3. The molecule has 142 valence electrons. The van der Waals surface area contributed by atoms with Crippen LogP contribution >= 0.6 is 34.8 Å². The third kappa shape index (κ3) is 3.28. The first-order chi connectivity index (χ1) is 13.5. The van der Waals surface area contributed by atoms with Crippen LogP contribution in [0.25, 0.3) is 11.1 Å². The smallest absolute Gasteiger partial charge is 0.411 e. The molecule has 7 heteroatoms. The largest absolute Gasteiger partial charge is 0.504 e. The van der Waals surface area contributed by atoms with E-state index in [0.29, 0.717) is 0 Å². The van der Waals surface area contributed by atoms with E-state index in [9.17, 15) is 9.90 Å². The Bertz CT molecular complexity index is 1010. The van der Waals surface area contributed by atoms with E-state index < -0.39 is 6.09 Å². The van der Waals surface area contributed by atoms with Gasteiger partial charge in [-0.3, -0.25) is 5.32 Å². The van der Waals surface area contributed by atoms with Gasteiger partial charge in [-0.2, -0.15) is 0 Å². The molecule has 1 aliphatic carbocycles. The molecule has 0 spiro atoms. The Morgan fingerprint density at radius 1 is 0.964 bits per heavy atom. The van der Waals surface area contributed by atoms with Crippen molar-refractivity contribution < 1.29 is 14.6 Å². The van der Waals surface area contributed by atoms with Crippen molar-refractivity contribution in [3.05, 3.63) is 80.8 Å². The minimum absolute atomic E-state index is 0.0166. The summed E-state index contributed by atoms with van der Waals surface area (Å²) in [4.78, 5) is 12.3. The molecule has 0 radical (unpaired) electrons. The van der Waals surface area contributed by atoms with Crippen LogP contribution in [0.4, 0.5) is 10.5 Å². The summed E-state index contributed by atoms with van der Waals surface area (Å²) in [5.74, 6) is -0.449. The average molecular weight is 435 g/mol. The van der Waals surface area contributed by atoms with Gasteiger partial charge in [0, 0.05) is 5.92 Å². The van der Waals surface area contributed by atoms with Crippen LogP contribution in [0, 0.1) is 0 Å². The number of aromatic hydroxyl groups is 1. The van der Waals surface area contributed by atoms with E-state index in [1.54, 1.807) is 0 Å². The fourth-order valence-electron chi connectivity index (χ4n) is 3.44. The lowest BCUT2D eigenvalue weighted by atomic mass is 9.98. The Hall–Kier alpha value is -2.40. The molecule has 28 heavy (non-hydrogen) atoms. The molecule has 0 atom stereocenters. The van der Waals surface area contributed by atoms with Gasteiger partial charge in [0.05, 0.1) is 15.1 Å². The lowest BCUT2D eigenvalue weighted by molar-refractivity contribution is 0.158. The summed E-state index contributed by atoms with van der Waals surface area (Å²) in [5.41, 5.74) is 4.38. The van der Waals surface area contributed by atoms with Gasteiger partial charge in [-0.1, -0.05) is 83.3 Å². The number of hydrogen-bond acceptors (Lipinski definition) is 3. The van der Waals surface area contributed by atoms with Crippen molar-refractivity contribution in [2.24, 2.45) is 0 Å². The van der Waals surface area contributed by atoms with Gasteiger partial charge in [-0.15, -0.1) is 0 Å². The number of carbonyl (C=O) groups is 1. The predicted octanol–water partition coefficient (Wildman–Crippen LogP) is 6.71. The second-order valence-corrected chi connectivity index (χ2v) is 7.52. The van der Waals surface area contributed by atoms with Crippen LogP contribution in [-0.2, 0) is 4.74 Å². The number of fused-ring (bicyclic) bond motifs is 3. The molecule has 2 N–H and O–H groups in total. The van der Waals surface area contributed by atoms with Crippen molar-refractivity contribution in [1.29, 1.82) is 0 Å². The maximum absolute atomic E-state index is 12.3. The highest BCUT2D eigenvalue weighted by atomic mass is 35.5. The van der Waals surface area contributed by atoms with Gasteiger partial charge >= 0.3 is 6.09 Å². The van der Waals surface area contributed by atoms with Gasteiger partial charge in [0.15, 0.2) is 5.75 Å². The minimum atomic E-state index is -0.766. The zero-order chi connectivity index (χ0) is 19.8. The molecule has 0 unspecified atom stereocenters. The van der Waals surface area contributed by atoms with E-state index in [0.717, 1.165) is 22.3 Å². The molecule has 0 bridgehead atoms. The van der Waals surface area contributed by atoms with Crippen molar-refractivity contribution in [2.45, 2.75) is 5.92 Å². The van der Waals surface area contributed by atoms with Crippen molar-refractivity contribution >= 4 is 46.6 Å². The highest BCUT2D eigenvalue weighted by Crippen LogP contribution is 2.45. The number of anilines is 1. The Morgan fingerprint density at radius 3 is 2.14 bits per heavy atom. The summed E-state index contributed by atoms with van der Waals surface area (Å²) in [7, 11) is 0. The summed E-state index contributed by atoms with van der Waals surface area (Å²) in [6.07, 6.45) is -0.766. The van der Waals surface area contributed by atoms with E-state index in [1.807, 2.05) is 36.4 Å². The zero-order valence-electron chi connectivity index (χ0n) is 14.4. The van der Waals surface area contributed by atoms with E-state index >= 15 is 0 Å². The number of nitrogens with one attached hydrogen (secondary N) is 1. The van der Waals surface area contributed by atoms with Gasteiger partial charge in [0.1, 0.15) is 12.3 Å². The SMILES string of the molecule is O=C(Nc1c(O)c(Cl)cc(Cl)c1Cl)OCC1c2ccccc2-c2ccccc21. The number of ether oxygens (including phenoxy) is 1. The molecule has 1 aliphatic rings. The third-order valence-electron chi connectivity index (χ3n) is 4.72. The summed E-state index contributed by atoms with van der Waals surface area (Å²) in [6, 6.07) is 17.4. The molecule has 0 saturated carbocycles. The molecule has 4 nitrogen and oxygen atoms in total. The Labute approximate surface area is 176 Å². The zero-order valence-corrected chi connectivity index (χ0v) is 16.6. The van der Waals surface area contributed by atoms with Crippen LogP contribution in [0.2, 0.25) is 15.1 Å². The second-order valence-electron chi connectivity index (χ2n) is 6.33. The number of hydrogen-bond donors (Lipinski definition) is 2. The number of benzene rings is 3. The second kappa shape index (κ2) is 7.55. The molecule has 1 amide bonds. The first-order valence-corrected chi connectivity index (χ1v) is 9.59. The highest BCUT2D eigenvalue weighted by Gasteiger charge is 2.29. The molecule has 3 aromatic carbocycles. The summed E-state index contributed by atoms with van der Waals surface area (Å²) >= 11 is 17.9. The number of phenolic OH excluding ortho intramolecular Hbond substituents is 1. The molecule has 0 aromatic heterocycles. The summed E-state index contributed by atoms with van der Waals surface area (Å²) in [6.45, 7) is 0.131. The van der Waals surface area contributed by atoms with Crippen LogP contribution in [0.15, 0.2) is 54.6 Å². The first kappa shape index (κ1) is 18.9. The Kier molecular flexibility index (Phi) is 5.11. The van der Waals surface area contributed by atoms with Gasteiger partial charge in [0.25, 0.3) is 0 Å². The Morgan fingerprint density at radius 2 is 1.54 bits per heavy atom. The van der Waals surface area contributed by atoms with Crippen molar-refractivity contribution in [3.8, 4) is 16.9 Å². The van der Waals surface area contributed by atoms with Crippen LogP contribution in [-0.4, -0.2) is 17.8 Å². The molecular weight excluding hydrogens is 421 g/mol. The third-order valence-corrected chi connectivity index (χ3v) is 5.79. The quantitative estimate of drug-likeness (QED) is 0.355. The lowest BCUT2D eigenvalue weighted by Crippen LogP contribution is -2.18. The summed E-state index contributed by atoms with van der Waals surface area (Å²) < 4.78 is 5.43. The maximum atomic E-state index is 12.3. The molecule has 4 rings (SSSR count). The highest BCUT2D eigenvalue weighted by molar-refractivity contribution is 6.46. The first-order valence-electron chi connectivity index (χ1n) is 8.46. The number of rotatable bonds is 3. The van der Waals surface area contributed by atoms with Crippen LogP contribution in [0.1, 0.15) is 17.0 Å². The fourth-order valence-corrected chi connectivity index (χ4v) is 4.09. The monoisotopic (exact) mass is 433 g/mol. The minimum Gasteiger partial charge on any atom is -0.504 e. The topological polar surface area (TPSA) is 58.6 Å². The number of carbonyl (C=O) groups excluding carboxylic acids is 1. The average Bonchev–Trinajstić information content (AvgIpc) is 3.02. The fraction of sp³-hybridized carbons (Fsp3) is 0.0952. The van der Waals surface area contributed by atoms with Crippen molar-refractivity contribution in [1.82, 2.24) is 0 Å². The van der Waals surface area contributed by atoms with E-state index in [-0.39, 0.29) is 39.0 Å². The normalized spacial score (nSPS) is 12.4. The van der Waals surface area contributed by atoms with E-state index in [4.69, 9.17) is 39.5 Å². The van der Waals surface area contributed by atoms with Gasteiger partial charge < -0.3 is 9.84 Å². The van der Waals surface area contributed by atoms with E-state index in [1.165, 1.54) is 6.07 Å². The van der Waals surface area contributed by atoms with Gasteiger partial charge in [0.2, 0.25) is 0 Å². The molecule has 0 aliphatic heterocycles. The number of amides is 1. The molecule has 0 heterocycles. The number of phenols is 1. The predicted molar refractivity (Wildman–Crippen MR) is 112 cm³/mol. The van der Waals surface area contributed by atoms with Gasteiger partial charge in [-0.05, 0) is 28.3 Å². The molecular formula is C21H14Cl3NO3. The van der Waals surface area contributed by atoms with Crippen molar-refractivity contribution in [2.75, 3.05) is 11.9 Å².